The van der Waals surface area contributed by atoms with Gasteiger partial charge in [0.05, 0.1) is 11.9 Å². The maximum absolute atomic E-state index is 5.75. The van der Waals surface area contributed by atoms with Crippen molar-refractivity contribution in [3.63, 3.8) is 0 Å². The van der Waals surface area contributed by atoms with Gasteiger partial charge in [-0.1, -0.05) is 18.2 Å². The molecular weight excluding hydrogens is 274 g/mol. The number of ether oxygens (including phenoxy) is 1. The highest BCUT2D eigenvalue weighted by atomic mass is 16.5. The monoisotopic (exact) mass is 295 g/mol. The van der Waals surface area contributed by atoms with Crippen molar-refractivity contribution in [2.45, 2.75) is 31.3 Å². The van der Waals surface area contributed by atoms with Crippen LogP contribution in [0.15, 0.2) is 48.7 Å². The van der Waals surface area contributed by atoms with Gasteiger partial charge in [0.1, 0.15) is 5.75 Å². The topological polar surface area (TPSA) is 37.4 Å². The minimum absolute atomic E-state index is 0.632. The molecule has 1 N–H and O–H groups in total. The van der Waals surface area contributed by atoms with Gasteiger partial charge in [0, 0.05) is 31.2 Å². The van der Waals surface area contributed by atoms with E-state index in [4.69, 9.17) is 4.74 Å². The Balaban J connectivity index is 1.45. The van der Waals surface area contributed by atoms with E-state index in [1.807, 2.05) is 42.6 Å². The minimum atomic E-state index is 0.632. The van der Waals surface area contributed by atoms with E-state index in [-0.39, 0.29) is 0 Å². The zero-order valence-corrected chi connectivity index (χ0v) is 12.6. The smallest absolute Gasteiger partial charge is 0.219 e. The van der Waals surface area contributed by atoms with Crippen molar-refractivity contribution >= 4 is 5.69 Å². The molecule has 1 aromatic heterocycles. The minimum Gasteiger partial charge on any atom is -0.439 e. The molecule has 2 aliphatic rings. The summed E-state index contributed by atoms with van der Waals surface area (Å²) in [6, 6.07) is 15.2. The third-order valence-corrected chi connectivity index (χ3v) is 4.57. The van der Waals surface area contributed by atoms with Crippen molar-refractivity contribution < 1.29 is 4.74 Å². The Labute approximate surface area is 131 Å². The predicted octanol–water partition coefficient (Wildman–Crippen LogP) is 3.20. The number of aromatic nitrogens is 1. The van der Waals surface area contributed by atoms with E-state index in [1.54, 1.807) is 0 Å². The van der Waals surface area contributed by atoms with Gasteiger partial charge in [-0.2, -0.15) is 0 Å². The SMILES string of the molecule is c1ccc(Oc2ccc(N3CCC4CCC(C3)N4)cn2)cc1. The fraction of sp³-hybridized carbons (Fsp3) is 0.389. The lowest BCUT2D eigenvalue weighted by atomic mass is 10.1. The number of benzene rings is 1. The third-order valence-electron chi connectivity index (χ3n) is 4.57. The molecule has 3 heterocycles. The lowest BCUT2D eigenvalue weighted by Gasteiger charge is -2.26. The van der Waals surface area contributed by atoms with Crippen LogP contribution in [0.1, 0.15) is 19.3 Å². The second-order valence-electron chi connectivity index (χ2n) is 6.14. The van der Waals surface area contributed by atoms with Gasteiger partial charge in [-0.05, 0) is 37.5 Å². The number of rotatable bonds is 3. The zero-order valence-electron chi connectivity index (χ0n) is 12.6. The van der Waals surface area contributed by atoms with E-state index in [0.717, 1.165) is 18.8 Å². The van der Waals surface area contributed by atoms with Gasteiger partial charge in [0.2, 0.25) is 5.88 Å². The molecule has 2 bridgehead atoms. The van der Waals surface area contributed by atoms with Crippen LogP contribution in [0.3, 0.4) is 0 Å². The average Bonchev–Trinajstić information content (AvgIpc) is 2.89. The van der Waals surface area contributed by atoms with E-state index < -0.39 is 0 Å². The van der Waals surface area contributed by atoms with Crippen LogP contribution >= 0.6 is 0 Å². The Bertz CT molecular complexity index is 614. The number of nitrogens with one attached hydrogen (secondary N) is 1. The van der Waals surface area contributed by atoms with Crippen LogP contribution in [-0.2, 0) is 0 Å². The summed E-state index contributed by atoms with van der Waals surface area (Å²) >= 11 is 0. The number of fused-ring (bicyclic) bond motifs is 2. The molecule has 114 valence electrons. The number of pyridine rings is 1. The Hall–Kier alpha value is -2.07. The summed E-state index contributed by atoms with van der Waals surface area (Å²) in [5.41, 5.74) is 1.19. The first-order chi connectivity index (χ1) is 10.9. The molecule has 2 atom stereocenters. The Morgan fingerprint density at radius 2 is 1.86 bits per heavy atom. The first kappa shape index (κ1) is 13.6. The van der Waals surface area contributed by atoms with E-state index >= 15 is 0 Å². The molecule has 0 spiro atoms. The fourth-order valence-electron chi connectivity index (χ4n) is 3.41. The third kappa shape index (κ3) is 2.92. The van der Waals surface area contributed by atoms with Crippen LogP contribution in [0, 0.1) is 0 Å². The largest absolute Gasteiger partial charge is 0.439 e. The molecule has 1 aromatic carbocycles. The zero-order chi connectivity index (χ0) is 14.8. The first-order valence-corrected chi connectivity index (χ1v) is 8.07. The summed E-state index contributed by atoms with van der Waals surface area (Å²) in [5, 5.41) is 3.71. The summed E-state index contributed by atoms with van der Waals surface area (Å²) in [4.78, 5) is 6.90. The summed E-state index contributed by atoms with van der Waals surface area (Å²) in [6.45, 7) is 2.19. The molecule has 2 unspecified atom stereocenters. The predicted molar refractivity (Wildman–Crippen MR) is 87.5 cm³/mol. The van der Waals surface area contributed by atoms with Crippen molar-refractivity contribution in [1.29, 1.82) is 0 Å². The van der Waals surface area contributed by atoms with E-state index in [0.29, 0.717) is 18.0 Å². The van der Waals surface area contributed by atoms with Gasteiger partial charge < -0.3 is 15.0 Å². The molecule has 2 saturated heterocycles. The van der Waals surface area contributed by atoms with Crippen molar-refractivity contribution in [2.75, 3.05) is 18.0 Å². The molecule has 0 radical (unpaired) electrons. The van der Waals surface area contributed by atoms with Gasteiger partial charge in [0.15, 0.2) is 0 Å². The van der Waals surface area contributed by atoms with Gasteiger partial charge in [-0.15, -0.1) is 0 Å². The van der Waals surface area contributed by atoms with Crippen molar-refractivity contribution in [1.82, 2.24) is 10.3 Å². The summed E-state index contributed by atoms with van der Waals surface area (Å²) in [7, 11) is 0. The van der Waals surface area contributed by atoms with Crippen LogP contribution in [0.25, 0.3) is 0 Å². The molecule has 2 fully saturated rings. The highest BCUT2D eigenvalue weighted by Crippen LogP contribution is 2.26. The van der Waals surface area contributed by atoms with Crippen LogP contribution in [0.4, 0.5) is 5.69 Å². The van der Waals surface area contributed by atoms with E-state index in [1.165, 1.54) is 24.9 Å². The maximum atomic E-state index is 5.75. The molecule has 4 rings (SSSR count). The van der Waals surface area contributed by atoms with Crippen molar-refractivity contribution in [3.05, 3.63) is 48.7 Å². The molecule has 0 saturated carbocycles. The molecule has 22 heavy (non-hydrogen) atoms. The van der Waals surface area contributed by atoms with Crippen LogP contribution < -0.4 is 15.0 Å². The Morgan fingerprint density at radius 3 is 2.68 bits per heavy atom. The van der Waals surface area contributed by atoms with Crippen molar-refractivity contribution in [3.8, 4) is 11.6 Å². The molecule has 4 nitrogen and oxygen atoms in total. The van der Waals surface area contributed by atoms with E-state index in [2.05, 4.69) is 21.3 Å². The van der Waals surface area contributed by atoms with Gasteiger partial charge in [-0.25, -0.2) is 4.98 Å². The summed E-state index contributed by atoms with van der Waals surface area (Å²) in [5.74, 6) is 1.46. The van der Waals surface area contributed by atoms with Gasteiger partial charge >= 0.3 is 0 Å². The van der Waals surface area contributed by atoms with Crippen LogP contribution in [-0.4, -0.2) is 30.2 Å². The van der Waals surface area contributed by atoms with Gasteiger partial charge in [0.25, 0.3) is 0 Å². The second kappa shape index (κ2) is 5.97. The highest BCUT2D eigenvalue weighted by molar-refractivity contribution is 5.46. The quantitative estimate of drug-likeness (QED) is 0.943. The average molecular weight is 295 g/mol. The fourth-order valence-corrected chi connectivity index (χ4v) is 3.41. The number of hydrogen-bond donors (Lipinski definition) is 1. The molecule has 4 heteroatoms. The second-order valence-corrected chi connectivity index (χ2v) is 6.14. The van der Waals surface area contributed by atoms with Crippen molar-refractivity contribution in [2.24, 2.45) is 0 Å². The van der Waals surface area contributed by atoms with E-state index in [9.17, 15) is 0 Å². The highest BCUT2D eigenvalue weighted by Gasteiger charge is 2.29. The Morgan fingerprint density at radius 1 is 1.00 bits per heavy atom. The normalized spacial score (nSPS) is 24.1. The van der Waals surface area contributed by atoms with Crippen LogP contribution in [0.5, 0.6) is 11.6 Å². The number of hydrogen-bond acceptors (Lipinski definition) is 4. The standard InChI is InChI=1S/C18H21N3O/c1-2-4-17(5-3-1)22-18-9-8-16(12-19-18)21-11-10-14-6-7-15(13-21)20-14/h1-5,8-9,12,14-15,20H,6-7,10-11,13H2. The summed E-state index contributed by atoms with van der Waals surface area (Å²) < 4.78 is 5.75. The maximum Gasteiger partial charge on any atom is 0.219 e. The molecule has 2 aromatic rings. The lowest BCUT2D eigenvalue weighted by Crippen LogP contribution is -2.35. The van der Waals surface area contributed by atoms with Gasteiger partial charge in [-0.3, -0.25) is 0 Å². The van der Waals surface area contributed by atoms with Crippen LogP contribution in [0.2, 0.25) is 0 Å². The number of anilines is 1. The molecule has 0 aliphatic carbocycles. The lowest BCUT2D eigenvalue weighted by molar-refractivity contribution is 0.463. The molecular formula is C18H21N3O. The summed E-state index contributed by atoms with van der Waals surface area (Å²) in [6.07, 6.45) is 5.78. The molecule has 0 amide bonds. The number of nitrogens with zero attached hydrogens (tertiary/aromatic N) is 2. The first-order valence-electron chi connectivity index (χ1n) is 8.07. The number of para-hydroxylation sites is 1. The molecule has 2 aliphatic heterocycles. The Kier molecular flexibility index (Phi) is 3.69.